The number of nitrogens with zero attached hydrogens (tertiary/aromatic N) is 2. The van der Waals surface area contributed by atoms with E-state index < -0.39 is 0 Å². The molecule has 0 bridgehead atoms. The van der Waals surface area contributed by atoms with Gasteiger partial charge in [-0.1, -0.05) is 18.2 Å². The minimum absolute atomic E-state index is 0.129. The van der Waals surface area contributed by atoms with E-state index in [1.165, 1.54) is 31.0 Å². The van der Waals surface area contributed by atoms with Crippen molar-refractivity contribution in [2.24, 2.45) is 4.99 Å². The van der Waals surface area contributed by atoms with Crippen LogP contribution in [0, 0.1) is 0 Å². The number of carbonyl (C=O) groups is 1. The van der Waals surface area contributed by atoms with Crippen molar-refractivity contribution >= 4 is 28.9 Å². The first kappa shape index (κ1) is 14.6. The highest BCUT2D eigenvalue weighted by atomic mass is 32.2. The van der Waals surface area contributed by atoms with Gasteiger partial charge in [0, 0.05) is 18.7 Å². The number of para-hydroxylation sites is 1. The van der Waals surface area contributed by atoms with Crippen LogP contribution in [0.5, 0.6) is 5.75 Å². The van der Waals surface area contributed by atoms with Crippen LogP contribution in [0.3, 0.4) is 0 Å². The lowest BCUT2D eigenvalue weighted by atomic mass is 10.1. The molecule has 23 heavy (non-hydrogen) atoms. The molecule has 0 unspecified atom stereocenters. The molecule has 0 aromatic heterocycles. The number of fused-ring (bicyclic) bond motifs is 1. The Bertz CT molecular complexity index is 730. The summed E-state index contributed by atoms with van der Waals surface area (Å²) in [5.41, 5.74) is 2.06. The summed E-state index contributed by atoms with van der Waals surface area (Å²) in [6.45, 7) is 2.50. The number of thioether (sulfide) groups is 1. The Balaban J connectivity index is 1.52. The highest BCUT2D eigenvalue weighted by Gasteiger charge is 2.27. The maximum absolute atomic E-state index is 12.2. The molecule has 0 saturated carbocycles. The van der Waals surface area contributed by atoms with Crippen molar-refractivity contribution in [3.63, 3.8) is 0 Å². The number of likely N-dealkylation sites (tertiary alicyclic amines) is 1. The maximum atomic E-state index is 12.2. The van der Waals surface area contributed by atoms with Crippen LogP contribution in [-0.2, 0) is 4.79 Å². The number of benzene rings is 1. The molecular formula is C18H18N2O2S. The summed E-state index contributed by atoms with van der Waals surface area (Å²) >= 11 is 1.49. The van der Waals surface area contributed by atoms with Crippen LogP contribution in [0.4, 0.5) is 0 Å². The lowest BCUT2D eigenvalue weighted by Gasteiger charge is -2.27. The van der Waals surface area contributed by atoms with E-state index in [2.05, 4.69) is 16.0 Å². The highest BCUT2D eigenvalue weighted by molar-refractivity contribution is 8.18. The van der Waals surface area contributed by atoms with Crippen molar-refractivity contribution < 1.29 is 9.53 Å². The second-order valence-corrected chi connectivity index (χ2v) is 6.91. The van der Waals surface area contributed by atoms with Crippen LogP contribution >= 0.6 is 11.8 Å². The van der Waals surface area contributed by atoms with Crippen LogP contribution in [0.2, 0.25) is 0 Å². The van der Waals surface area contributed by atoms with Crippen molar-refractivity contribution in [1.82, 2.24) is 4.90 Å². The third kappa shape index (κ3) is 3.06. The summed E-state index contributed by atoms with van der Waals surface area (Å²) < 4.78 is 5.74. The molecule has 3 aliphatic rings. The minimum Gasteiger partial charge on any atom is -0.488 e. The normalized spacial score (nSPS) is 22.5. The Morgan fingerprint density at radius 2 is 2.00 bits per heavy atom. The molecule has 4 nitrogen and oxygen atoms in total. The molecule has 1 aromatic rings. The van der Waals surface area contributed by atoms with Gasteiger partial charge in [0.25, 0.3) is 5.91 Å². The van der Waals surface area contributed by atoms with Crippen LogP contribution in [-0.4, -0.2) is 35.7 Å². The molecule has 1 amide bonds. The van der Waals surface area contributed by atoms with E-state index in [1.807, 2.05) is 30.3 Å². The largest absolute Gasteiger partial charge is 0.488 e. The van der Waals surface area contributed by atoms with E-state index in [9.17, 15) is 4.79 Å². The monoisotopic (exact) mass is 326 g/mol. The van der Waals surface area contributed by atoms with Gasteiger partial charge in [0.15, 0.2) is 5.17 Å². The third-order valence-electron chi connectivity index (χ3n) is 4.21. The van der Waals surface area contributed by atoms with Crippen LogP contribution < -0.4 is 4.74 Å². The molecular weight excluding hydrogens is 308 g/mol. The minimum atomic E-state index is -0.129. The van der Waals surface area contributed by atoms with E-state index in [4.69, 9.17) is 4.74 Å². The van der Waals surface area contributed by atoms with Gasteiger partial charge in [-0.05, 0) is 54.8 Å². The Kier molecular flexibility index (Phi) is 3.95. The van der Waals surface area contributed by atoms with Gasteiger partial charge < -0.3 is 9.64 Å². The number of amidine groups is 1. The van der Waals surface area contributed by atoms with E-state index in [1.54, 1.807) is 0 Å². The quantitative estimate of drug-likeness (QED) is 0.741. The Morgan fingerprint density at radius 3 is 2.87 bits per heavy atom. The first-order chi connectivity index (χ1) is 11.3. The summed E-state index contributed by atoms with van der Waals surface area (Å²) in [6.07, 6.45) is 7.64. The van der Waals surface area contributed by atoms with Crippen molar-refractivity contribution in [3.8, 4) is 5.75 Å². The van der Waals surface area contributed by atoms with E-state index >= 15 is 0 Å². The van der Waals surface area contributed by atoms with Crippen LogP contribution in [0.1, 0.15) is 24.8 Å². The average Bonchev–Trinajstić information content (AvgIpc) is 2.96. The number of hydrogen-bond acceptors (Lipinski definition) is 4. The Hall–Kier alpha value is -2.01. The van der Waals surface area contributed by atoms with Crippen LogP contribution in [0.25, 0.3) is 6.08 Å². The lowest BCUT2D eigenvalue weighted by molar-refractivity contribution is -0.113. The molecule has 0 atom stereocenters. The maximum Gasteiger partial charge on any atom is 0.286 e. The predicted octanol–water partition coefficient (Wildman–Crippen LogP) is 3.46. The zero-order valence-electron chi connectivity index (χ0n) is 12.8. The number of amides is 1. The number of aliphatic imine (C=N–C) groups is 1. The average molecular weight is 326 g/mol. The van der Waals surface area contributed by atoms with Gasteiger partial charge in [-0.15, -0.1) is 0 Å². The Labute approximate surface area is 139 Å². The molecule has 1 fully saturated rings. The van der Waals surface area contributed by atoms with Gasteiger partial charge >= 0.3 is 0 Å². The molecule has 1 aromatic carbocycles. The summed E-state index contributed by atoms with van der Waals surface area (Å²) in [7, 11) is 0. The van der Waals surface area contributed by atoms with Crippen molar-refractivity contribution in [1.29, 1.82) is 0 Å². The zero-order valence-corrected chi connectivity index (χ0v) is 13.6. The summed E-state index contributed by atoms with van der Waals surface area (Å²) in [6, 6.07) is 7.93. The fourth-order valence-corrected chi connectivity index (χ4v) is 3.98. The standard InChI is InChI=1S/C18H18N2O2S/c21-17-16(23-18(19-17)20-8-4-1-5-9-20)11-13-10-14-6-2-3-7-15(14)22-12-13/h2-3,6-7,10-11H,1,4-5,8-9,12H2/b16-11-. The molecule has 0 N–H and O–H groups in total. The van der Waals surface area contributed by atoms with Gasteiger partial charge in [0.1, 0.15) is 12.4 Å². The number of hydrogen-bond donors (Lipinski definition) is 0. The molecule has 1 saturated heterocycles. The summed E-state index contributed by atoms with van der Waals surface area (Å²) in [4.78, 5) is 19.3. The topological polar surface area (TPSA) is 41.9 Å². The third-order valence-corrected chi connectivity index (χ3v) is 5.25. The predicted molar refractivity (Wildman–Crippen MR) is 93.5 cm³/mol. The van der Waals surface area contributed by atoms with Crippen molar-refractivity contribution in [2.45, 2.75) is 19.3 Å². The number of ether oxygens (including phenoxy) is 1. The van der Waals surface area contributed by atoms with Gasteiger partial charge in [0.2, 0.25) is 0 Å². The fourth-order valence-electron chi connectivity index (χ4n) is 3.00. The summed E-state index contributed by atoms with van der Waals surface area (Å²) in [5, 5.41) is 0.860. The van der Waals surface area contributed by atoms with E-state index in [0.717, 1.165) is 35.1 Å². The summed E-state index contributed by atoms with van der Waals surface area (Å²) in [5.74, 6) is 0.764. The van der Waals surface area contributed by atoms with Crippen LogP contribution in [0.15, 0.2) is 45.8 Å². The van der Waals surface area contributed by atoms with Gasteiger partial charge in [-0.25, -0.2) is 0 Å². The molecule has 0 aliphatic carbocycles. The first-order valence-electron chi connectivity index (χ1n) is 7.99. The van der Waals surface area contributed by atoms with Gasteiger partial charge in [0.05, 0.1) is 4.91 Å². The first-order valence-corrected chi connectivity index (χ1v) is 8.81. The second-order valence-electron chi connectivity index (χ2n) is 5.90. The molecule has 3 heterocycles. The fraction of sp³-hybridized carbons (Fsp3) is 0.333. The molecule has 5 heteroatoms. The molecule has 0 spiro atoms. The molecule has 4 rings (SSSR count). The highest BCUT2D eigenvalue weighted by Crippen LogP contribution is 2.33. The molecule has 0 radical (unpaired) electrons. The van der Waals surface area contributed by atoms with Gasteiger partial charge in [-0.3, -0.25) is 4.79 Å². The second kappa shape index (κ2) is 6.24. The van der Waals surface area contributed by atoms with E-state index in [0.29, 0.717) is 11.5 Å². The number of rotatable bonds is 1. The number of piperidine rings is 1. The van der Waals surface area contributed by atoms with Gasteiger partial charge in [-0.2, -0.15) is 4.99 Å². The SMILES string of the molecule is O=C1N=C(N2CCCCC2)S/C1=C\C1=Cc2ccccc2OC1. The zero-order chi connectivity index (χ0) is 15.6. The van der Waals surface area contributed by atoms with Crippen molar-refractivity contribution in [3.05, 3.63) is 46.4 Å². The number of carbonyl (C=O) groups excluding carboxylic acids is 1. The smallest absolute Gasteiger partial charge is 0.286 e. The Morgan fingerprint density at radius 1 is 1.17 bits per heavy atom. The lowest BCUT2D eigenvalue weighted by Crippen LogP contribution is -2.33. The molecule has 3 aliphatic heterocycles. The van der Waals surface area contributed by atoms with Crippen molar-refractivity contribution in [2.75, 3.05) is 19.7 Å². The molecule has 118 valence electrons. The van der Waals surface area contributed by atoms with E-state index in [-0.39, 0.29) is 5.91 Å².